The van der Waals surface area contributed by atoms with E-state index in [0.717, 1.165) is 12.8 Å². The summed E-state index contributed by atoms with van der Waals surface area (Å²) in [6, 6.07) is -0.881. The van der Waals surface area contributed by atoms with Crippen molar-refractivity contribution in [1.82, 2.24) is 5.32 Å². The molecule has 17 heavy (non-hydrogen) atoms. The number of carbonyl (C=O) groups is 2. The Bertz CT molecular complexity index is 313. The number of amides is 1. The summed E-state index contributed by atoms with van der Waals surface area (Å²) in [6.45, 7) is 2.66. The van der Waals surface area contributed by atoms with Gasteiger partial charge in [-0.3, -0.25) is 4.79 Å². The molecule has 0 saturated heterocycles. The van der Waals surface area contributed by atoms with Crippen LogP contribution in [0.2, 0.25) is 0 Å². The van der Waals surface area contributed by atoms with E-state index < -0.39 is 17.9 Å². The zero-order valence-corrected chi connectivity index (χ0v) is 9.77. The maximum absolute atomic E-state index is 11.6. The number of carboxylic acid groups (broad SMARTS) is 1. The summed E-state index contributed by atoms with van der Waals surface area (Å²) < 4.78 is 9.99. The number of ether oxygens (including phenoxy) is 2. The number of hydrogen-bond acceptors (Lipinski definition) is 4. The van der Waals surface area contributed by atoms with Gasteiger partial charge in [0.15, 0.2) is 0 Å². The lowest BCUT2D eigenvalue weighted by Gasteiger charge is -2.18. The zero-order chi connectivity index (χ0) is 12.7. The van der Waals surface area contributed by atoms with Crippen LogP contribution in [0.3, 0.4) is 0 Å². The molecule has 6 nitrogen and oxygen atoms in total. The number of carboxylic acids is 1. The highest BCUT2D eigenvalue weighted by atomic mass is 16.6. The second-order valence-electron chi connectivity index (χ2n) is 3.71. The van der Waals surface area contributed by atoms with Gasteiger partial charge >= 0.3 is 5.97 Å². The smallest absolute Gasteiger partial charge is 0.326 e. The van der Waals surface area contributed by atoms with Crippen LogP contribution in [0.25, 0.3) is 0 Å². The Hall–Kier alpha value is -1.72. The SMILES string of the molecule is CCCC[C@H](NC(=O)C1=COCCO1)C(=O)O. The van der Waals surface area contributed by atoms with E-state index in [1.54, 1.807) is 0 Å². The van der Waals surface area contributed by atoms with Crippen molar-refractivity contribution in [2.75, 3.05) is 13.2 Å². The van der Waals surface area contributed by atoms with Crippen molar-refractivity contribution in [2.24, 2.45) is 0 Å². The van der Waals surface area contributed by atoms with Crippen LogP contribution in [0.1, 0.15) is 26.2 Å². The molecule has 0 aromatic rings. The van der Waals surface area contributed by atoms with E-state index in [0.29, 0.717) is 19.6 Å². The lowest BCUT2D eigenvalue weighted by Crippen LogP contribution is -2.42. The van der Waals surface area contributed by atoms with Crippen molar-refractivity contribution in [3.05, 3.63) is 12.0 Å². The maximum Gasteiger partial charge on any atom is 0.326 e. The molecule has 0 unspecified atom stereocenters. The van der Waals surface area contributed by atoms with Gasteiger partial charge in [0.1, 0.15) is 25.5 Å². The Morgan fingerprint density at radius 2 is 2.29 bits per heavy atom. The number of aliphatic carboxylic acids is 1. The number of unbranched alkanes of at least 4 members (excludes halogenated alkanes) is 1. The van der Waals surface area contributed by atoms with Gasteiger partial charge in [-0.2, -0.15) is 0 Å². The minimum atomic E-state index is -1.04. The Balaban J connectivity index is 2.51. The first-order valence-electron chi connectivity index (χ1n) is 5.63. The highest BCUT2D eigenvalue weighted by molar-refractivity contribution is 5.94. The molecule has 1 rings (SSSR count). The van der Waals surface area contributed by atoms with E-state index in [1.165, 1.54) is 6.26 Å². The molecule has 0 aromatic carbocycles. The first kappa shape index (κ1) is 13.3. The molecule has 2 N–H and O–H groups in total. The fraction of sp³-hybridized carbons (Fsp3) is 0.636. The predicted octanol–water partition coefficient (Wildman–Crippen LogP) is 0.634. The van der Waals surface area contributed by atoms with E-state index in [4.69, 9.17) is 14.6 Å². The topological polar surface area (TPSA) is 84.9 Å². The molecule has 0 saturated carbocycles. The summed E-state index contributed by atoms with van der Waals surface area (Å²) in [6.07, 6.45) is 3.24. The molecule has 1 aliphatic rings. The van der Waals surface area contributed by atoms with Crippen LogP contribution in [-0.2, 0) is 19.1 Å². The molecule has 0 fully saturated rings. The van der Waals surface area contributed by atoms with Gasteiger partial charge in [0.25, 0.3) is 5.91 Å². The van der Waals surface area contributed by atoms with E-state index in [9.17, 15) is 9.59 Å². The number of hydrogen-bond donors (Lipinski definition) is 2. The van der Waals surface area contributed by atoms with Crippen molar-refractivity contribution in [1.29, 1.82) is 0 Å². The summed E-state index contributed by atoms with van der Waals surface area (Å²) in [5.74, 6) is -1.56. The highest BCUT2D eigenvalue weighted by Gasteiger charge is 2.23. The Kier molecular flexibility index (Phi) is 5.32. The first-order chi connectivity index (χ1) is 8.15. The van der Waals surface area contributed by atoms with Crippen LogP contribution in [0.5, 0.6) is 0 Å². The molecule has 1 heterocycles. The van der Waals surface area contributed by atoms with Gasteiger partial charge in [0.05, 0.1) is 0 Å². The maximum atomic E-state index is 11.6. The molecular formula is C11H17NO5. The lowest BCUT2D eigenvalue weighted by molar-refractivity contribution is -0.142. The van der Waals surface area contributed by atoms with E-state index >= 15 is 0 Å². The number of carbonyl (C=O) groups excluding carboxylic acids is 1. The van der Waals surface area contributed by atoms with Gasteiger partial charge in [0, 0.05) is 0 Å². The first-order valence-corrected chi connectivity index (χ1v) is 5.63. The number of nitrogens with one attached hydrogen (secondary N) is 1. The molecule has 0 radical (unpaired) electrons. The monoisotopic (exact) mass is 243 g/mol. The van der Waals surface area contributed by atoms with E-state index in [-0.39, 0.29) is 5.76 Å². The summed E-state index contributed by atoms with van der Waals surface area (Å²) in [7, 11) is 0. The highest BCUT2D eigenvalue weighted by Crippen LogP contribution is 2.06. The standard InChI is InChI=1S/C11H17NO5/c1-2-3-4-8(11(14)15)12-10(13)9-7-16-5-6-17-9/h7-8H,2-6H2,1H3,(H,12,13)(H,14,15)/t8-/m0/s1. The van der Waals surface area contributed by atoms with Gasteiger partial charge in [-0.25, -0.2) is 4.79 Å². The number of rotatable bonds is 6. The van der Waals surface area contributed by atoms with Gasteiger partial charge < -0.3 is 19.9 Å². The molecule has 0 spiro atoms. The second-order valence-corrected chi connectivity index (χ2v) is 3.71. The van der Waals surface area contributed by atoms with Crippen molar-refractivity contribution >= 4 is 11.9 Å². The van der Waals surface area contributed by atoms with Crippen molar-refractivity contribution in [3.63, 3.8) is 0 Å². The third kappa shape index (κ3) is 4.34. The third-order valence-corrected chi connectivity index (χ3v) is 2.32. The van der Waals surface area contributed by atoms with Gasteiger partial charge in [-0.05, 0) is 6.42 Å². The molecule has 0 aliphatic carbocycles. The van der Waals surface area contributed by atoms with Crippen LogP contribution in [0, 0.1) is 0 Å². The fourth-order valence-corrected chi connectivity index (χ4v) is 1.38. The molecule has 96 valence electrons. The van der Waals surface area contributed by atoms with Crippen molar-refractivity contribution in [2.45, 2.75) is 32.2 Å². The van der Waals surface area contributed by atoms with Gasteiger partial charge in [-0.1, -0.05) is 19.8 Å². The van der Waals surface area contributed by atoms with Crippen LogP contribution in [-0.4, -0.2) is 36.2 Å². The summed E-state index contributed by atoms with van der Waals surface area (Å²) >= 11 is 0. The molecular weight excluding hydrogens is 226 g/mol. The van der Waals surface area contributed by atoms with Gasteiger partial charge in [0.2, 0.25) is 5.76 Å². The molecule has 1 amide bonds. The van der Waals surface area contributed by atoms with Crippen LogP contribution in [0.15, 0.2) is 12.0 Å². The second kappa shape index (κ2) is 6.78. The van der Waals surface area contributed by atoms with Crippen molar-refractivity contribution in [3.8, 4) is 0 Å². The minimum Gasteiger partial charge on any atom is -0.494 e. The Morgan fingerprint density at radius 1 is 1.53 bits per heavy atom. The minimum absolute atomic E-state index is 0.0269. The van der Waals surface area contributed by atoms with E-state index in [1.807, 2.05) is 6.92 Å². The molecule has 6 heteroatoms. The average molecular weight is 243 g/mol. The lowest BCUT2D eigenvalue weighted by atomic mass is 10.1. The van der Waals surface area contributed by atoms with Crippen LogP contribution in [0.4, 0.5) is 0 Å². The van der Waals surface area contributed by atoms with Crippen molar-refractivity contribution < 1.29 is 24.2 Å². The third-order valence-electron chi connectivity index (χ3n) is 2.32. The summed E-state index contributed by atoms with van der Waals surface area (Å²) in [4.78, 5) is 22.5. The normalized spacial score (nSPS) is 16.2. The average Bonchev–Trinajstić information content (AvgIpc) is 2.35. The zero-order valence-electron chi connectivity index (χ0n) is 9.77. The van der Waals surface area contributed by atoms with Gasteiger partial charge in [-0.15, -0.1) is 0 Å². The van der Waals surface area contributed by atoms with Crippen LogP contribution >= 0.6 is 0 Å². The molecule has 0 aromatic heterocycles. The Morgan fingerprint density at radius 3 is 2.82 bits per heavy atom. The summed E-state index contributed by atoms with van der Waals surface area (Å²) in [5.41, 5.74) is 0. The van der Waals surface area contributed by atoms with E-state index in [2.05, 4.69) is 5.32 Å². The quantitative estimate of drug-likeness (QED) is 0.715. The molecule has 0 bridgehead atoms. The Labute approximate surface area is 99.6 Å². The molecule has 1 atom stereocenters. The fourth-order valence-electron chi connectivity index (χ4n) is 1.38. The summed E-state index contributed by atoms with van der Waals surface area (Å²) in [5, 5.41) is 11.4. The predicted molar refractivity (Wildman–Crippen MR) is 59.1 cm³/mol. The largest absolute Gasteiger partial charge is 0.494 e. The molecule has 1 aliphatic heterocycles. The van der Waals surface area contributed by atoms with Crippen LogP contribution < -0.4 is 5.32 Å².